The normalized spacial score (nSPS) is 14.3. The molecule has 5 N–H and O–H groups in total. The van der Waals surface area contributed by atoms with Gasteiger partial charge in [-0.3, -0.25) is 5.32 Å². The maximum absolute atomic E-state index is 10.1. The van der Waals surface area contributed by atoms with Crippen molar-refractivity contribution in [2.75, 3.05) is 0 Å². The molecule has 0 radical (unpaired) electrons. The van der Waals surface area contributed by atoms with E-state index in [1.807, 2.05) is 0 Å². The van der Waals surface area contributed by atoms with Crippen LogP contribution < -0.4 is 16.0 Å². The van der Waals surface area contributed by atoms with Crippen LogP contribution in [0.2, 0.25) is 0 Å². The summed E-state index contributed by atoms with van der Waals surface area (Å²) in [5, 5.41) is 23.5. The Kier molecular flexibility index (Phi) is 4.60. The third kappa shape index (κ3) is 6.88. The van der Waals surface area contributed by atoms with E-state index in [9.17, 15) is 9.59 Å². The van der Waals surface area contributed by atoms with E-state index in [2.05, 4.69) is 16.0 Å². The van der Waals surface area contributed by atoms with Crippen LogP contribution in [-0.2, 0) is 0 Å². The quantitative estimate of drug-likeness (QED) is 0.395. The molecule has 2 amide bonds. The Labute approximate surface area is 75.1 Å². The molecule has 0 aliphatic carbocycles. The van der Waals surface area contributed by atoms with Gasteiger partial charge in [-0.2, -0.15) is 0 Å². The molecule has 0 saturated heterocycles. The molecule has 13 heavy (non-hydrogen) atoms. The molecule has 0 aromatic rings. The number of hydrogen-bond donors (Lipinski definition) is 5. The molecule has 0 spiro atoms. The number of nitrogens with one attached hydrogen (secondary N) is 3. The van der Waals surface area contributed by atoms with Gasteiger partial charge in [0.25, 0.3) is 0 Å². The van der Waals surface area contributed by atoms with Crippen LogP contribution in [0.1, 0.15) is 13.8 Å². The molecule has 7 nitrogen and oxygen atoms in total. The van der Waals surface area contributed by atoms with E-state index in [4.69, 9.17) is 10.2 Å². The van der Waals surface area contributed by atoms with E-state index < -0.39 is 24.5 Å². The molecule has 2 atom stereocenters. The lowest BCUT2D eigenvalue weighted by Gasteiger charge is -2.19. The number of carboxylic acid groups (broad SMARTS) is 2. The zero-order valence-electron chi connectivity index (χ0n) is 7.37. The van der Waals surface area contributed by atoms with Crippen molar-refractivity contribution >= 4 is 12.2 Å². The van der Waals surface area contributed by atoms with E-state index in [1.165, 1.54) is 0 Å². The molecule has 0 aliphatic heterocycles. The standard InChI is InChI=1S/C6H13N3O4/c1-3(8-5(10)11)7-4(2)9-6(12)13/h3-4,7-9H,1-2H3,(H,10,11)(H,12,13). The predicted octanol–water partition coefficient (Wildman–Crippen LogP) is -0.197. The SMILES string of the molecule is CC(NC(=O)O)NC(C)NC(=O)O. The van der Waals surface area contributed by atoms with E-state index in [0.717, 1.165) is 0 Å². The summed E-state index contributed by atoms with van der Waals surface area (Å²) >= 11 is 0. The number of hydrogen-bond acceptors (Lipinski definition) is 3. The fraction of sp³-hybridized carbons (Fsp3) is 0.667. The molecular formula is C6H13N3O4. The monoisotopic (exact) mass is 191 g/mol. The van der Waals surface area contributed by atoms with Crippen molar-refractivity contribution in [1.82, 2.24) is 16.0 Å². The van der Waals surface area contributed by atoms with Gasteiger partial charge < -0.3 is 20.8 Å². The van der Waals surface area contributed by atoms with Gasteiger partial charge >= 0.3 is 12.2 Å². The fourth-order valence-electron chi connectivity index (χ4n) is 0.829. The lowest BCUT2D eigenvalue weighted by atomic mass is 10.5. The Morgan fingerprint density at radius 3 is 1.54 bits per heavy atom. The molecule has 0 aromatic heterocycles. The van der Waals surface area contributed by atoms with Gasteiger partial charge in [0, 0.05) is 0 Å². The van der Waals surface area contributed by atoms with Crippen LogP contribution in [0.15, 0.2) is 0 Å². The van der Waals surface area contributed by atoms with E-state index in [-0.39, 0.29) is 0 Å². The fourth-order valence-corrected chi connectivity index (χ4v) is 0.829. The first-order chi connectivity index (χ1) is 5.91. The number of rotatable bonds is 4. The molecule has 0 saturated carbocycles. The second-order valence-electron chi connectivity index (χ2n) is 2.51. The van der Waals surface area contributed by atoms with Crippen molar-refractivity contribution in [3.05, 3.63) is 0 Å². The molecule has 0 rings (SSSR count). The van der Waals surface area contributed by atoms with Crippen molar-refractivity contribution in [2.45, 2.75) is 26.2 Å². The maximum Gasteiger partial charge on any atom is 0.405 e. The first kappa shape index (κ1) is 11.5. The zero-order chi connectivity index (χ0) is 10.4. The van der Waals surface area contributed by atoms with Gasteiger partial charge in [-0.25, -0.2) is 9.59 Å². The topological polar surface area (TPSA) is 111 Å². The van der Waals surface area contributed by atoms with E-state index >= 15 is 0 Å². The average Bonchev–Trinajstić information content (AvgIpc) is 1.80. The minimum atomic E-state index is -1.16. The Morgan fingerprint density at radius 2 is 1.31 bits per heavy atom. The van der Waals surface area contributed by atoms with E-state index in [0.29, 0.717) is 0 Å². The molecule has 0 aromatic carbocycles. The van der Waals surface area contributed by atoms with Crippen molar-refractivity contribution in [1.29, 1.82) is 0 Å². The minimum absolute atomic E-state index is 0.514. The van der Waals surface area contributed by atoms with Crippen LogP contribution >= 0.6 is 0 Å². The van der Waals surface area contributed by atoms with Crippen LogP contribution in [0.25, 0.3) is 0 Å². The van der Waals surface area contributed by atoms with Gasteiger partial charge in [0.05, 0.1) is 12.3 Å². The summed E-state index contributed by atoms with van der Waals surface area (Å²) in [6.45, 7) is 3.13. The lowest BCUT2D eigenvalue weighted by molar-refractivity contribution is 0.181. The Morgan fingerprint density at radius 1 is 1.00 bits per heavy atom. The Balaban J connectivity index is 3.70. The van der Waals surface area contributed by atoms with Crippen LogP contribution in [0.3, 0.4) is 0 Å². The van der Waals surface area contributed by atoms with Crippen LogP contribution in [0.5, 0.6) is 0 Å². The summed E-state index contributed by atoms with van der Waals surface area (Å²) in [6, 6.07) is 0. The van der Waals surface area contributed by atoms with Crippen LogP contribution in [-0.4, -0.2) is 34.7 Å². The average molecular weight is 191 g/mol. The van der Waals surface area contributed by atoms with Crippen LogP contribution in [0, 0.1) is 0 Å². The third-order valence-corrected chi connectivity index (χ3v) is 1.18. The molecule has 2 unspecified atom stereocenters. The number of carbonyl (C=O) groups is 2. The van der Waals surface area contributed by atoms with Gasteiger partial charge in [-0.05, 0) is 13.8 Å². The van der Waals surface area contributed by atoms with Crippen molar-refractivity contribution in [3.8, 4) is 0 Å². The first-order valence-electron chi connectivity index (χ1n) is 3.66. The second kappa shape index (κ2) is 5.20. The molecule has 7 heteroatoms. The maximum atomic E-state index is 10.1. The highest BCUT2D eigenvalue weighted by molar-refractivity contribution is 5.65. The van der Waals surface area contributed by atoms with Crippen LogP contribution in [0.4, 0.5) is 9.59 Å². The van der Waals surface area contributed by atoms with Gasteiger partial charge in [-0.1, -0.05) is 0 Å². The largest absolute Gasteiger partial charge is 0.465 e. The van der Waals surface area contributed by atoms with Crippen molar-refractivity contribution in [3.63, 3.8) is 0 Å². The summed E-state index contributed by atoms with van der Waals surface area (Å²) in [6.07, 6.45) is -3.36. The van der Waals surface area contributed by atoms with Gasteiger partial charge in [0.1, 0.15) is 0 Å². The summed E-state index contributed by atoms with van der Waals surface area (Å²) in [5.41, 5.74) is 0. The zero-order valence-corrected chi connectivity index (χ0v) is 7.37. The third-order valence-electron chi connectivity index (χ3n) is 1.18. The predicted molar refractivity (Wildman–Crippen MR) is 44.4 cm³/mol. The molecule has 0 aliphatic rings. The second-order valence-corrected chi connectivity index (χ2v) is 2.51. The summed E-state index contributed by atoms with van der Waals surface area (Å²) in [7, 11) is 0. The highest BCUT2D eigenvalue weighted by Gasteiger charge is 2.09. The Hall–Kier alpha value is -1.50. The molecule has 76 valence electrons. The van der Waals surface area contributed by atoms with Gasteiger partial charge in [-0.15, -0.1) is 0 Å². The Bertz CT molecular complexity index is 176. The summed E-state index contributed by atoms with van der Waals surface area (Å²) in [5.74, 6) is 0. The molecular weight excluding hydrogens is 178 g/mol. The van der Waals surface area contributed by atoms with Crippen molar-refractivity contribution in [2.24, 2.45) is 0 Å². The molecule has 0 fully saturated rings. The first-order valence-corrected chi connectivity index (χ1v) is 3.66. The summed E-state index contributed by atoms with van der Waals surface area (Å²) < 4.78 is 0. The van der Waals surface area contributed by atoms with Crippen molar-refractivity contribution < 1.29 is 19.8 Å². The highest BCUT2D eigenvalue weighted by Crippen LogP contribution is 1.80. The lowest BCUT2D eigenvalue weighted by Crippen LogP contribution is -2.52. The minimum Gasteiger partial charge on any atom is -0.465 e. The highest BCUT2D eigenvalue weighted by atomic mass is 16.4. The summed E-state index contributed by atoms with van der Waals surface area (Å²) in [4.78, 5) is 20.3. The van der Waals surface area contributed by atoms with Gasteiger partial charge in [0.2, 0.25) is 0 Å². The smallest absolute Gasteiger partial charge is 0.405 e. The van der Waals surface area contributed by atoms with Gasteiger partial charge in [0.15, 0.2) is 0 Å². The molecule has 0 bridgehead atoms. The van der Waals surface area contributed by atoms with E-state index in [1.54, 1.807) is 13.8 Å². The number of amides is 2. The molecule has 0 heterocycles.